The second kappa shape index (κ2) is 7.44. The molecule has 0 spiro atoms. The van der Waals surface area contributed by atoms with Gasteiger partial charge in [-0.05, 0) is 30.8 Å². The standard InChI is InChI=1S/C7H8ClNO2S.Ag.Na.H/c1-6-2-4-7(5-3-6)12(10,11)9-8;;;/h2-5,9H,1H3;;;/q;;+1;-1. The molecule has 0 aliphatic heterocycles. The van der Waals surface area contributed by atoms with Gasteiger partial charge in [-0.1, -0.05) is 17.7 Å². The number of hydrogen-bond donors (Lipinski definition) is 1. The number of hydrogen-bond acceptors (Lipinski definition) is 2. The van der Waals surface area contributed by atoms with Gasteiger partial charge in [-0.15, -0.1) is 4.24 Å². The first kappa shape index (κ1) is 17.6. The van der Waals surface area contributed by atoms with Crippen LogP contribution in [0, 0.1) is 6.92 Å². The van der Waals surface area contributed by atoms with E-state index in [2.05, 4.69) is 0 Å². The van der Waals surface area contributed by atoms with E-state index < -0.39 is 10.0 Å². The van der Waals surface area contributed by atoms with Crippen LogP contribution < -0.4 is 33.8 Å². The van der Waals surface area contributed by atoms with Crippen molar-refractivity contribution >= 4 is 21.8 Å². The fourth-order valence-corrected chi connectivity index (χ4v) is 1.61. The first-order valence-corrected chi connectivity index (χ1v) is 5.11. The Bertz CT molecular complexity index is 373. The van der Waals surface area contributed by atoms with Crippen LogP contribution in [0.25, 0.3) is 0 Å². The van der Waals surface area contributed by atoms with E-state index in [4.69, 9.17) is 11.8 Å². The molecule has 1 rings (SSSR count). The van der Waals surface area contributed by atoms with Crippen LogP contribution >= 0.6 is 11.8 Å². The van der Waals surface area contributed by atoms with Gasteiger partial charge in [0.15, 0.2) is 0 Å². The molecule has 0 saturated carbocycles. The summed E-state index contributed by atoms with van der Waals surface area (Å²) in [7, 11) is -3.50. The van der Waals surface area contributed by atoms with Crippen molar-refractivity contribution in [3.8, 4) is 0 Å². The Morgan fingerprint density at radius 3 is 2.07 bits per heavy atom. The monoisotopic (exact) mass is 336 g/mol. The molecule has 7 heteroatoms. The van der Waals surface area contributed by atoms with E-state index in [1.165, 1.54) is 12.1 Å². The van der Waals surface area contributed by atoms with Gasteiger partial charge < -0.3 is 1.43 Å². The van der Waals surface area contributed by atoms with Gasteiger partial charge in [0.25, 0.3) is 10.0 Å². The molecule has 0 aliphatic rings. The molecular formula is C7H9AgClNNaO2S. The van der Waals surface area contributed by atoms with E-state index in [9.17, 15) is 8.42 Å². The van der Waals surface area contributed by atoms with Gasteiger partial charge in [0.05, 0.1) is 4.90 Å². The molecule has 79 valence electrons. The van der Waals surface area contributed by atoms with Crippen LogP contribution in [0.3, 0.4) is 0 Å². The summed E-state index contributed by atoms with van der Waals surface area (Å²) in [6.45, 7) is 1.88. The molecule has 0 amide bonds. The summed E-state index contributed by atoms with van der Waals surface area (Å²) in [5.41, 5.74) is 1.00. The smallest absolute Gasteiger partial charge is 1.00 e. The molecule has 0 unspecified atom stereocenters. The van der Waals surface area contributed by atoms with E-state index in [0.29, 0.717) is 0 Å². The Balaban J connectivity index is -0.000000480. The van der Waals surface area contributed by atoms with Gasteiger partial charge in [0, 0.05) is 22.4 Å². The Labute approximate surface area is 128 Å². The minimum atomic E-state index is -3.50. The quantitative estimate of drug-likeness (QED) is 0.530. The zero-order valence-corrected chi connectivity index (χ0v) is 12.8. The molecule has 1 N–H and O–H groups in total. The summed E-state index contributed by atoms with van der Waals surface area (Å²) in [6, 6.07) is 6.42. The SMILES string of the molecule is Cc1ccc(S(=O)(=O)NCl)cc1.[Ag].[H-].[Na+]. The Kier molecular flexibility index (Phi) is 9.32. The van der Waals surface area contributed by atoms with Crippen LogP contribution in [0.15, 0.2) is 29.2 Å². The second-order valence-corrected chi connectivity index (χ2v) is 4.49. The summed E-state index contributed by atoms with van der Waals surface area (Å²) >= 11 is 5.03. The van der Waals surface area contributed by atoms with Crippen molar-refractivity contribution in [3.05, 3.63) is 29.8 Å². The third-order valence-electron chi connectivity index (χ3n) is 1.43. The molecular weight excluding hydrogens is 328 g/mol. The molecule has 0 fully saturated rings. The van der Waals surface area contributed by atoms with Gasteiger partial charge in [0.2, 0.25) is 0 Å². The second-order valence-electron chi connectivity index (χ2n) is 2.39. The van der Waals surface area contributed by atoms with E-state index in [1.807, 2.05) is 6.92 Å². The Morgan fingerprint density at radius 1 is 1.29 bits per heavy atom. The Hall–Kier alpha value is 1.16. The van der Waals surface area contributed by atoms with Gasteiger partial charge >= 0.3 is 29.6 Å². The summed E-state index contributed by atoms with van der Waals surface area (Å²) in [5.74, 6) is 0. The van der Waals surface area contributed by atoms with Crippen LogP contribution in [0.1, 0.15) is 6.99 Å². The molecule has 1 radical (unpaired) electrons. The van der Waals surface area contributed by atoms with Crippen molar-refractivity contribution in [2.75, 3.05) is 0 Å². The van der Waals surface area contributed by atoms with Crippen molar-refractivity contribution < 1.29 is 61.8 Å². The zero-order chi connectivity index (χ0) is 9.19. The van der Waals surface area contributed by atoms with Gasteiger partial charge in [0.1, 0.15) is 0 Å². The van der Waals surface area contributed by atoms with Crippen molar-refractivity contribution in [2.24, 2.45) is 0 Å². The predicted molar refractivity (Wildman–Crippen MR) is 48.5 cm³/mol. The minimum Gasteiger partial charge on any atom is -1.00 e. The third kappa shape index (κ3) is 4.79. The maximum atomic E-state index is 11.1. The average molecular weight is 338 g/mol. The topological polar surface area (TPSA) is 46.2 Å². The van der Waals surface area contributed by atoms with Crippen LogP contribution in [0.4, 0.5) is 0 Å². The van der Waals surface area contributed by atoms with Crippen LogP contribution in [0.2, 0.25) is 0 Å². The molecule has 1 aromatic carbocycles. The summed E-state index contributed by atoms with van der Waals surface area (Å²) < 4.78 is 23.9. The van der Waals surface area contributed by atoms with Gasteiger partial charge in [-0.3, -0.25) is 0 Å². The number of nitrogens with one attached hydrogen (secondary N) is 1. The molecule has 0 bridgehead atoms. The van der Waals surface area contributed by atoms with Crippen LogP contribution in [-0.4, -0.2) is 8.42 Å². The normalized spacial score (nSPS) is 9.86. The molecule has 1 aromatic rings. The number of rotatable bonds is 2. The summed E-state index contributed by atoms with van der Waals surface area (Å²) in [5, 5.41) is 0. The van der Waals surface area contributed by atoms with E-state index >= 15 is 0 Å². The zero-order valence-electron chi connectivity index (χ0n) is 8.71. The predicted octanol–water partition coefficient (Wildman–Crippen LogP) is -1.46. The van der Waals surface area contributed by atoms with E-state index in [0.717, 1.165) is 5.56 Å². The maximum absolute atomic E-state index is 11.1. The van der Waals surface area contributed by atoms with Crippen molar-refractivity contribution in [1.82, 2.24) is 4.24 Å². The average Bonchev–Trinajstić information content (AvgIpc) is 2.05. The molecule has 3 nitrogen and oxygen atoms in total. The fourth-order valence-electron chi connectivity index (χ4n) is 0.762. The van der Waals surface area contributed by atoms with Gasteiger partial charge in [-0.2, -0.15) is 0 Å². The number of aryl methyl sites for hydroxylation is 1. The number of halogens is 1. The maximum Gasteiger partial charge on any atom is 1.00 e. The van der Waals surface area contributed by atoms with Crippen LogP contribution in [0.5, 0.6) is 0 Å². The summed E-state index contributed by atoms with van der Waals surface area (Å²) in [4.78, 5) is 0.170. The number of sulfonamides is 1. The van der Waals surface area contributed by atoms with Crippen molar-refractivity contribution in [2.45, 2.75) is 11.8 Å². The fraction of sp³-hybridized carbons (Fsp3) is 0.143. The molecule has 0 atom stereocenters. The molecule has 0 aliphatic carbocycles. The summed E-state index contributed by atoms with van der Waals surface area (Å²) in [6.07, 6.45) is 0. The first-order chi connectivity index (χ1) is 5.56. The largest absolute Gasteiger partial charge is 1.00 e. The first-order valence-electron chi connectivity index (χ1n) is 3.25. The van der Waals surface area contributed by atoms with E-state index in [1.54, 1.807) is 16.4 Å². The van der Waals surface area contributed by atoms with E-state index in [-0.39, 0.29) is 58.3 Å². The molecule has 0 saturated heterocycles. The van der Waals surface area contributed by atoms with Crippen LogP contribution in [-0.2, 0) is 32.4 Å². The van der Waals surface area contributed by atoms with Gasteiger partial charge in [-0.25, -0.2) is 8.42 Å². The molecule has 0 heterocycles. The van der Waals surface area contributed by atoms with Crippen molar-refractivity contribution in [1.29, 1.82) is 0 Å². The third-order valence-corrected chi connectivity index (χ3v) is 3.14. The Morgan fingerprint density at radius 2 is 1.71 bits per heavy atom. The minimum absolute atomic E-state index is 0. The molecule has 14 heavy (non-hydrogen) atoms. The number of benzene rings is 1. The van der Waals surface area contributed by atoms with Crippen molar-refractivity contribution in [3.63, 3.8) is 0 Å². The molecule has 0 aromatic heterocycles.